The van der Waals surface area contributed by atoms with Gasteiger partial charge in [0.1, 0.15) is 0 Å². The normalized spacial score (nSPS) is 13.9. The molecule has 0 atom stereocenters. The highest BCUT2D eigenvalue weighted by atomic mass is 16.2. The van der Waals surface area contributed by atoms with Crippen LogP contribution in [0.3, 0.4) is 0 Å². The van der Waals surface area contributed by atoms with E-state index in [1.807, 2.05) is 0 Å². The summed E-state index contributed by atoms with van der Waals surface area (Å²) < 4.78 is 0. The maximum absolute atomic E-state index is 12.3. The lowest BCUT2D eigenvalue weighted by Crippen LogP contribution is -2.30. The van der Waals surface area contributed by atoms with Crippen molar-refractivity contribution in [1.29, 1.82) is 0 Å². The third-order valence-corrected chi connectivity index (χ3v) is 5.86. The van der Waals surface area contributed by atoms with Gasteiger partial charge in [-0.25, -0.2) is 0 Å². The summed E-state index contributed by atoms with van der Waals surface area (Å²) in [6.45, 7) is 0.791. The molecule has 2 aromatic rings. The minimum atomic E-state index is -0.222. The smallest absolute Gasteiger partial charge is 0.261 e. The maximum Gasteiger partial charge on any atom is 0.261 e. The van der Waals surface area contributed by atoms with Gasteiger partial charge in [-0.3, -0.25) is 29.0 Å². The molecule has 6 nitrogen and oxygen atoms in total. The summed E-state index contributed by atoms with van der Waals surface area (Å²) >= 11 is 0. The Kier molecular flexibility index (Phi) is 7.20. The minimum Gasteiger partial charge on any atom is -0.274 e. The van der Waals surface area contributed by atoms with Gasteiger partial charge in [-0.2, -0.15) is 0 Å². The molecule has 0 N–H and O–H groups in total. The van der Waals surface area contributed by atoms with Crippen LogP contribution in [0.15, 0.2) is 48.5 Å². The first-order valence-corrected chi connectivity index (χ1v) is 11.5. The van der Waals surface area contributed by atoms with Crippen LogP contribution in [0.1, 0.15) is 80.0 Å². The van der Waals surface area contributed by atoms with Gasteiger partial charge in [-0.15, -0.1) is 0 Å². The molecule has 0 aromatic heterocycles. The van der Waals surface area contributed by atoms with E-state index in [9.17, 15) is 19.2 Å². The van der Waals surface area contributed by atoms with Gasteiger partial charge in [0, 0.05) is 25.9 Å². The molecule has 170 valence electrons. The quantitative estimate of drug-likeness (QED) is 0.346. The van der Waals surface area contributed by atoms with Crippen LogP contribution in [0.5, 0.6) is 0 Å². The lowest BCUT2D eigenvalue weighted by Gasteiger charge is -2.12. The molecule has 0 spiro atoms. The Morgan fingerprint density at radius 2 is 0.824 bits per heavy atom. The Morgan fingerprint density at radius 3 is 1.15 bits per heavy atom. The number of fused-ring (bicyclic) bond motifs is 2. The molecule has 0 saturated carbocycles. The van der Waals surface area contributed by atoms with Gasteiger partial charge in [0.05, 0.1) is 22.3 Å². The average molecular weight is 453 g/mol. The molecule has 34 heavy (non-hydrogen) atoms. The van der Waals surface area contributed by atoms with E-state index in [1.165, 1.54) is 9.80 Å². The highest BCUT2D eigenvalue weighted by Crippen LogP contribution is 2.23. The molecule has 0 saturated heterocycles. The van der Waals surface area contributed by atoms with Crippen molar-refractivity contribution in [1.82, 2.24) is 9.80 Å². The average Bonchev–Trinajstić information content (AvgIpc) is 3.25. The molecular weight excluding hydrogens is 428 g/mol. The van der Waals surface area contributed by atoms with E-state index in [1.54, 1.807) is 48.5 Å². The summed E-state index contributed by atoms with van der Waals surface area (Å²) in [6, 6.07) is 13.8. The zero-order chi connectivity index (χ0) is 23.9. The molecule has 2 aliphatic heterocycles. The number of imide groups is 2. The van der Waals surface area contributed by atoms with Crippen molar-refractivity contribution in [2.75, 3.05) is 13.1 Å². The molecular formula is C28H24N2O4. The van der Waals surface area contributed by atoms with Crippen LogP contribution in [0.2, 0.25) is 0 Å². The molecule has 0 bridgehead atoms. The molecule has 0 aliphatic carbocycles. The van der Waals surface area contributed by atoms with E-state index < -0.39 is 0 Å². The van der Waals surface area contributed by atoms with E-state index in [0.717, 1.165) is 12.8 Å². The van der Waals surface area contributed by atoms with Crippen LogP contribution in [0.25, 0.3) is 0 Å². The maximum atomic E-state index is 12.3. The van der Waals surface area contributed by atoms with Gasteiger partial charge in [0.25, 0.3) is 23.6 Å². The Hall–Kier alpha value is -4.16. The summed E-state index contributed by atoms with van der Waals surface area (Å²) in [5, 5.41) is 0. The fraction of sp³-hybridized carbons (Fsp3) is 0.286. The largest absolute Gasteiger partial charge is 0.274 e. The van der Waals surface area contributed by atoms with Crippen LogP contribution in [0, 0.1) is 23.7 Å². The zero-order valence-corrected chi connectivity index (χ0v) is 18.8. The number of carbonyl (C=O) groups excluding carboxylic acids is 4. The highest BCUT2D eigenvalue weighted by molar-refractivity contribution is 6.22. The van der Waals surface area contributed by atoms with Crippen molar-refractivity contribution in [2.24, 2.45) is 0 Å². The summed E-state index contributed by atoms with van der Waals surface area (Å²) in [5.41, 5.74) is 1.91. The topological polar surface area (TPSA) is 74.8 Å². The Bertz CT molecular complexity index is 1100. The second-order valence-corrected chi connectivity index (χ2v) is 8.13. The molecule has 0 radical (unpaired) electrons. The number of unbranched alkanes of at least 4 members (excludes halogenated alkanes) is 4. The predicted octanol–water partition coefficient (Wildman–Crippen LogP) is 3.93. The second-order valence-electron chi connectivity index (χ2n) is 8.13. The lowest BCUT2D eigenvalue weighted by atomic mass is 10.1. The van der Waals surface area contributed by atoms with Gasteiger partial charge < -0.3 is 0 Å². The van der Waals surface area contributed by atoms with Crippen LogP contribution in [-0.2, 0) is 0 Å². The van der Waals surface area contributed by atoms with E-state index in [-0.39, 0.29) is 23.6 Å². The van der Waals surface area contributed by atoms with E-state index in [4.69, 9.17) is 0 Å². The summed E-state index contributed by atoms with van der Waals surface area (Å²) in [5.74, 6) is 10.8. The fourth-order valence-electron chi connectivity index (χ4n) is 4.06. The Balaban J connectivity index is 1.09. The highest BCUT2D eigenvalue weighted by Gasteiger charge is 2.35. The Morgan fingerprint density at radius 1 is 0.500 bits per heavy atom. The van der Waals surface area contributed by atoms with Gasteiger partial charge in [0.15, 0.2) is 0 Å². The van der Waals surface area contributed by atoms with Crippen molar-refractivity contribution in [3.8, 4) is 23.7 Å². The number of benzene rings is 2. The van der Waals surface area contributed by atoms with Crippen LogP contribution in [-0.4, -0.2) is 46.5 Å². The molecule has 4 rings (SSSR count). The SMILES string of the molecule is O=C1c2ccccc2C(=O)N1CCCCC#CC#CCCCCN1C(=O)c2ccccc2C1=O. The minimum absolute atomic E-state index is 0.222. The summed E-state index contributed by atoms with van der Waals surface area (Å²) in [4.78, 5) is 51.8. The number of carbonyl (C=O) groups is 4. The van der Waals surface area contributed by atoms with E-state index >= 15 is 0 Å². The first kappa shape index (κ1) is 23.0. The molecule has 2 aliphatic rings. The van der Waals surface area contributed by atoms with Crippen molar-refractivity contribution in [2.45, 2.75) is 38.5 Å². The third-order valence-electron chi connectivity index (χ3n) is 5.86. The number of nitrogens with zero attached hydrogens (tertiary/aromatic N) is 2. The number of hydrogen-bond acceptors (Lipinski definition) is 4. The molecule has 0 fully saturated rings. The van der Waals surface area contributed by atoms with Crippen molar-refractivity contribution in [3.05, 3.63) is 70.8 Å². The molecule has 6 heteroatoms. The van der Waals surface area contributed by atoms with Crippen LogP contribution in [0.4, 0.5) is 0 Å². The van der Waals surface area contributed by atoms with Gasteiger partial charge in [-0.05, 0) is 61.8 Å². The van der Waals surface area contributed by atoms with Crippen molar-refractivity contribution >= 4 is 23.6 Å². The number of hydrogen-bond donors (Lipinski definition) is 0. The lowest BCUT2D eigenvalue weighted by molar-refractivity contribution is 0.0636. The molecule has 4 amide bonds. The zero-order valence-electron chi connectivity index (χ0n) is 18.8. The van der Waals surface area contributed by atoms with E-state index in [0.29, 0.717) is 61.0 Å². The standard InChI is InChI=1S/C28H24N2O4/c31-25-21-15-9-10-16-22(21)26(32)29(25)19-13-7-5-3-1-2-4-6-8-14-20-30-27(33)23-17-11-12-18-24(23)28(30)34/h9-12,15-18H,5-8,13-14,19-20H2. The summed E-state index contributed by atoms with van der Waals surface area (Å²) in [7, 11) is 0. The van der Waals surface area contributed by atoms with Crippen LogP contribution >= 0.6 is 0 Å². The number of amides is 4. The monoisotopic (exact) mass is 452 g/mol. The van der Waals surface area contributed by atoms with Gasteiger partial charge in [0.2, 0.25) is 0 Å². The fourth-order valence-corrected chi connectivity index (χ4v) is 4.06. The van der Waals surface area contributed by atoms with Crippen molar-refractivity contribution in [3.63, 3.8) is 0 Å². The first-order chi connectivity index (χ1) is 16.6. The van der Waals surface area contributed by atoms with Gasteiger partial charge >= 0.3 is 0 Å². The van der Waals surface area contributed by atoms with Crippen molar-refractivity contribution < 1.29 is 19.2 Å². The predicted molar refractivity (Wildman–Crippen MR) is 127 cm³/mol. The molecule has 2 aromatic carbocycles. The molecule has 2 heterocycles. The van der Waals surface area contributed by atoms with Crippen LogP contribution < -0.4 is 0 Å². The third kappa shape index (κ3) is 4.77. The van der Waals surface area contributed by atoms with Gasteiger partial charge in [-0.1, -0.05) is 36.1 Å². The van der Waals surface area contributed by atoms with E-state index in [2.05, 4.69) is 23.7 Å². The Labute approximate surface area is 198 Å². The second kappa shape index (κ2) is 10.6. The number of rotatable bonds is 8. The molecule has 0 unspecified atom stereocenters. The summed E-state index contributed by atoms with van der Waals surface area (Å²) in [6.07, 6.45) is 4.26. The first-order valence-electron chi connectivity index (χ1n) is 11.5.